The SMILES string of the molecule is CC(C)c1nc(NN)cc(NCC2(O)CCCCC2)n1. The van der Waals surface area contributed by atoms with Crippen LogP contribution in [0.1, 0.15) is 57.7 Å². The highest BCUT2D eigenvalue weighted by atomic mass is 16.3. The van der Waals surface area contributed by atoms with Gasteiger partial charge in [0.2, 0.25) is 0 Å². The first kappa shape index (κ1) is 15.0. The lowest BCUT2D eigenvalue weighted by atomic mass is 9.85. The van der Waals surface area contributed by atoms with Crippen LogP contribution < -0.4 is 16.6 Å². The number of rotatable bonds is 5. The van der Waals surface area contributed by atoms with E-state index >= 15 is 0 Å². The van der Waals surface area contributed by atoms with Crippen molar-refractivity contribution < 1.29 is 5.11 Å². The van der Waals surface area contributed by atoms with E-state index in [1.165, 1.54) is 6.42 Å². The summed E-state index contributed by atoms with van der Waals surface area (Å²) in [6.45, 7) is 4.59. The molecule has 0 radical (unpaired) electrons. The molecule has 0 atom stereocenters. The molecule has 1 aliphatic carbocycles. The minimum absolute atomic E-state index is 0.224. The molecule has 1 aromatic rings. The molecule has 1 aliphatic rings. The van der Waals surface area contributed by atoms with Crippen LogP contribution in [0.3, 0.4) is 0 Å². The highest BCUT2D eigenvalue weighted by Gasteiger charge is 2.28. The Morgan fingerprint density at radius 3 is 2.50 bits per heavy atom. The molecule has 0 spiro atoms. The van der Waals surface area contributed by atoms with Crippen molar-refractivity contribution in [3.8, 4) is 0 Å². The average molecular weight is 279 g/mol. The normalized spacial score (nSPS) is 18.1. The number of nitrogens with zero attached hydrogens (tertiary/aromatic N) is 2. The van der Waals surface area contributed by atoms with Gasteiger partial charge in [0.05, 0.1) is 5.60 Å². The van der Waals surface area contributed by atoms with Gasteiger partial charge in [0.25, 0.3) is 0 Å². The average Bonchev–Trinajstić information content (AvgIpc) is 2.45. The van der Waals surface area contributed by atoms with Gasteiger partial charge in [0.1, 0.15) is 17.5 Å². The van der Waals surface area contributed by atoms with Crippen molar-refractivity contribution in [1.82, 2.24) is 9.97 Å². The van der Waals surface area contributed by atoms with E-state index < -0.39 is 5.60 Å². The zero-order valence-corrected chi connectivity index (χ0v) is 12.3. The van der Waals surface area contributed by atoms with Crippen LogP contribution in [0.2, 0.25) is 0 Å². The number of hydrogen-bond donors (Lipinski definition) is 4. The van der Waals surface area contributed by atoms with Gasteiger partial charge in [-0.2, -0.15) is 0 Å². The molecule has 0 bridgehead atoms. The van der Waals surface area contributed by atoms with Crippen LogP contribution in [0.4, 0.5) is 11.6 Å². The van der Waals surface area contributed by atoms with E-state index in [1.54, 1.807) is 6.07 Å². The van der Waals surface area contributed by atoms with Gasteiger partial charge in [-0.15, -0.1) is 0 Å². The van der Waals surface area contributed by atoms with Crippen molar-refractivity contribution in [2.45, 2.75) is 57.5 Å². The third-order valence-corrected chi connectivity index (χ3v) is 3.79. The molecule has 5 N–H and O–H groups in total. The molecule has 6 heteroatoms. The van der Waals surface area contributed by atoms with Crippen LogP contribution in [-0.4, -0.2) is 27.2 Å². The van der Waals surface area contributed by atoms with Crippen LogP contribution in [0, 0.1) is 0 Å². The highest BCUT2D eigenvalue weighted by molar-refractivity contribution is 5.47. The molecule has 0 aliphatic heterocycles. The van der Waals surface area contributed by atoms with Crippen molar-refractivity contribution >= 4 is 11.6 Å². The van der Waals surface area contributed by atoms with Gasteiger partial charge in [-0.1, -0.05) is 33.1 Å². The van der Waals surface area contributed by atoms with E-state index in [1.807, 2.05) is 13.8 Å². The van der Waals surface area contributed by atoms with Gasteiger partial charge in [-0.3, -0.25) is 0 Å². The summed E-state index contributed by atoms with van der Waals surface area (Å²) in [6.07, 6.45) is 5.10. The van der Waals surface area contributed by atoms with Gasteiger partial charge >= 0.3 is 0 Å². The fourth-order valence-corrected chi connectivity index (χ4v) is 2.53. The standard InChI is InChI=1S/C14H25N5O/c1-10(2)13-17-11(8-12(18-13)19-15)16-9-14(20)6-4-3-5-7-14/h8,10,20H,3-7,9,15H2,1-2H3,(H2,16,17,18,19). The maximum Gasteiger partial charge on any atom is 0.145 e. The van der Waals surface area contributed by atoms with Gasteiger partial charge in [-0.05, 0) is 12.8 Å². The van der Waals surface area contributed by atoms with Crippen LogP contribution in [0.5, 0.6) is 0 Å². The second kappa shape index (κ2) is 6.37. The number of nitrogen functional groups attached to an aromatic ring is 1. The number of nitrogens with two attached hydrogens (primary N) is 1. The Morgan fingerprint density at radius 1 is 1.25 bits per heavy atom. The van der Waals surface area contributed by atoms with Crippen molar-refractivity contribution in [2.24, 2.45) is 5.84 Å². The second-order valence-electron chi connectivity index (χ2n) is 5.93. The molecule has 1 saturated carbocycles. The Balaban J connectivity index is 2.06. The molecule has 1 heterocycles. The number of anilines is 2. The van der Waals surface area contributed by atoms with Crippen molar-refractivity contribution in [2.75, 3.05) is 17.3 Å². The summed E-state index contributed by atoms with van der Waals surface area (Å²) in [5.41, 5.74) is 1.94. The molecule has 1 fully saturated rings. The van der Waals surface area contributed by atoms with Crippen molar-refractivity contribution in [3.63, 3.8) is 0 Å². The fourth-order valence-electron chi connectivity index (χ4n) is 2.53. The highest BCUT2D eigenvalue weighted by Crippen LogP contribution is 2.28. The summed E-state index contributed by atoms with van der Waals surface area (Å²) in [4.78, 5) is 8.78. The first-order valence-electron chi connectivity index (χ1n) is 7.34. The second-order valence-corrected chi connectivity index (χ2v) is 5.93. The lowest BCUT2D eigenvalue weighted by molar-refractivity contribution is 0.0166. The van der Waals surface area contributed by atoms with E-state index in [2.05, 4.69) is 20.7 Å². The Labute approximate surface area is 120 Å². The van der Waals surface area contributed by atoms with Crippen LogP contribution in [0.25, 0.3) is 0 Å². The summed E-state index contributed by atoms with van der Waals surface area (Å²) in [7, 11) is 0. The summed E-state index contributed by atoms with van der Waals surface area (Å²) in [6, 6.07) is 1.76. The lowest BCUT2D eigenvalue weighted by Crippen LogP contribution is -2.39. The first-order valence-corrected chi connectivity index (χ1v) is 7.34. The minimum Gasteiger partial charge on any atom is -0.388 e. The molecule has 0 amide bonds. The Hall–Kier alpha value is -1.40. The number of hydrazine groups is 1. The van der Waals surface area contributed by atoms with E-state index in [9.17, 15) is 5.11 Å². The molecule has 0 unspecified atom stereocenters. The van der Waals surface area contributed by atoms with E-state index in [0.29, 0.717) is 18.2 Å². The Kier molecular flexibility index (Phi) is 4.77. The topological polar surface area (TPSA) is 96.1 Å². The summed E-state index contributed by atoms with van der Waals surface area (Å²) < 4.78 is 0. The fraction of sp³-hybridized carbons (Fsp3) is 0.714. The van der Waals surface area contributed by atoms with E-state index in [-0.39, 0.29) is 5.92 Å². The lowest BCUT2D eigenvalue weighted by Gasteiger charge is -2.32. The van der Waals surface area contributed by atoms with Gasteiger partial charge in [0.15, 0.2) is 0 Å². The molecule has 112 valence electrons. The van der Waals surface area contributed by atoms with Crippen molar-refractivity contribution in [3.05, 3.63) is 11.9 Å². The van der Waals surface area contributed by atoms with Crippen molar-refractivity contribution in [1.29, 1.82) is 0 Å². The van der Waals surface area contributed by atoms with Crippen LogP contribution in [0.15, 0.2) is 6.07 Å². The Bertz CT molecular complexity index is 443. The number of aromatic nitrogens is 2. The maximum absolute atomic E-state index is 10.5. The predicted molar refractivity (Wildman–Crippen MR) is 80.5 cm³/mol. The smallest absolute Gasteiger partial charge is 0.145 e. The van der Waals surface area contributed by atoms with E-state index in [0.717, 1.165) is 31.5 Å². The maximum atomic E-state index is 10.5. The molecular formula is C14H25N5O. The molecule has 2 rings (SSSR count). The molecule has 1 aromatic heterocycles. The molecule has 0 saturated heterocycles. The van der Waals surface area contributed by atoms with E-state index in [4.69, 9.17) is 5.84 Å². The van der Waals surface area contributed by atoms with Crippen LogP contribution >= 0.6 is 0 Å². The Morgan fingerprint density at radius 2 is 1.90 bits per heavy atom. The van der Waals surface area contributed by atoms with Gasteiger partial charge in [-0.25, -0.2) is 15.8 Å². The molecule has 0 aromatic carbocycles. The number of aliphatic hydroxyl groups is 1. The third kappa shape index (κ3) is 3.80. The molecule has 20 heavy (non-hydrogen) atoms. The minimum atomic E-state index is -0.614. The largest absolute Gasteiger partial charge is 0.388 e. The number of hydrogen-bond acceptors (Lipinski definition) is 6. The first-order chi connectivity index (χ1) is 9.52. The number of nitrogens with one attached hydrogen (secondary N) is 2. The zero-order valence-electron chi connectivity index (χ0n) is 12.3. The quantitative estimate of drug-likeness (QED) is 0.486. The monoisotopic (exact) mass is 279 g/mol. The summed E-state index contributed by atoms with van der Waals surface area (Å²) in [5.74, 6) is 7.68. The zero-order chi connectivity index (χ0) is 14.6. The van der Waals surface area contributed by atoms with Gasteiger partial charge < -0.3 is 15.8 Å². The summed E-state index contributed by atoms with van der Waals surface area (Å²) in [5, 5.41) is 13.7. The molecule has 6 nitrogen and oxygen atoms in total. The molecular weight excluding hydrogens is 254 g/mol. The summed E-state index contributed by atoms with van der Waals surface area (Å²) >= 11 is 0. The van der Waals surface area contributed by atoms with Gasteiger partial charge in [0, 0.05) is 18.5 Å². The third-order valence-electron chi connectivity index (χ3n) is 3.79. The predicted octanol–water partition coefficient (Wildman–Crippen LogP) is 1.99. The van der Waals surface area contributed by atoms with Crippen LogP contribution in [-0.2, 0) is 0 Å².